The minimum absolute atomic E-state index is 0.0479. The van der Waals surface area contributed by atoms with Gasteiger partial charge < -0.3 is 9.64 Å². The number of hydrogen-bond donors (Lipinski definition) is 0. The Kier molecular flexibility index (Phi) is 5.85. The zero-order valence-electron chi connectivity index (χ0n) is 14.7. The molecule has 3 rings (SSSR count). The average molecular weight is 330 g/mol. The fourth-order valence-corrected chi connectivity index (χ4v) is 4.00. The van der Waals surface area contributed by atoms with Crippen molar-refractivity contribution >= 4 is 5.91 Å². The van der Waals surface area contributed by atoms with Crippen LogP contribution < -0.4 is 0 Å². The van der Waals surface area contributed by atoms with Crippen LogP contribution in [-0.2, 0) is 16.1 Å². The van der Waals surface area contributed by atoms with Gasteiger partial charge in [-0.15, -0.1) is 0 Å². The maximum atomic E-state index is 12.1. The second-order valence-electron chi connectivity index (χ2n) is 6.96. The van der Waals surface area contributed by atoms with Gasteiger partial charge in [-0.25, -0.2) is 0 Å². The summed E-state index contributed by atoms with van der Waals surface area (Å²) in [6.45, 7) is 3.75. The monoisotopic (exact) mass is 330 g/mol. The van der Waals surface area contributed by atoms with Crippen LogP contribution in [0.1, 0.15) is 38.2 Å². The second kappa shape index (κ2) is 8.08. The molecule has 2 aliphatic heterocycles. The lowest BCUT2D eigenvalue weighted by molar-refractivity contribution is -0.131. The van der Waals surface area contributed by atoms with E-state index in [-0.39, 0.29) is 12.0 Å². The number of nitrogens with zero attached hydrogens (tertiary/aromatic N) is 3. The molecule has 3 atom stereocenters. The first-order chi connectivity index (χ1) is 11.7. The zero-order valence-corrected chi connectivity index (χ0v) is 14.7. The normalized spacial score (nSPS) is 24.8. The maximum absolute atomic E-state index is 12.1. The van der Waals surface area contributed by atoms with E-state index in [1.165, 1.54) is 25.7 Å². The molecule has 24 heavy (non-hydrogen) atoms. The van der Waals surface area contributed by atoms with Crippen LogP contribution in [0.15, 0.2) is 24.5 Å². The molecule has 1 radical (unpaired) electrons. The maximum Gasteiger partial charge on any atom is 0.219 e. The molecule has 5 heteroatoms. The van der Waals surface area contributed by atoms with E-state index < -0.39 is 0 Å². The van der Waals surface area contributed by atoms with E-state index in [9.17, 15) is 4.79 Å². The van der Waals surface area contributed by atoms with E-state index in [0.29, 0.717) is 25.2 Å². The summed E-state index contributed by atoms with van der Waals surface area (Å²) in [5.74, 6) is 0.0795. The van der Waals surface area contributed by atoms with Gasteiger partial charge in [0.2, 0.25) is 5.91 Å². The van der Waals surface area contributed by atoms with Crippen molar-refractivity contribution in [2.24, 2.45) is 0 Å². The van der Waals surface area contributed by atoms with Crippen molar-refractivity contribution in [1.82, 2.24) is 14.8 Å². The average Bonchev–Trinajstić information content (AvgIpc) is 2.81. The van der Waals surface area contributed by atoms with Gasteiger partial charge in [0.1, 0.15) is 0 Å². The summed E-state index contributed by atoms with van der Waals surface area (Å²) in [6.07, 6.45) is 11.0. The van der Waals surface area contributed by atoms with Gasteiger partial charge in [-0.3, -0.25) is 14.7 Å². The number of pyridine rings is 1. The summed E-state index contributed by atoms with van der Waals surface area (Å²) in [5, 5.41) is 0. The Hall–Kier alpha value is -1.46. The summed E-state index contributed by atoms with van der Waals surface area (Å²) in [5.41, 5.74) is 1.05. The highest BCUT2D eigenvalue weighted by Gasteiger charge is 2.37. The third-order valence-corrected chi connectivity index (χ3v) is 5.36. The Morgan fingerprint density at radius 2 is 2.17 bits per heavy atom. The first-order valence-corrected chi connectivity index (χ1v) is 8.92. The molecular formula is C19H28N3O2. The number of ether oxygens (including phenoxy) is 1. The molecule has 2 fully saturated rings. The van der Waals surface area contributed by atoms with Crippen LogP contribution in [-0.4, -0.2) is 59.1 Å². The van der Waals surface area contributed by atoms with Crippen LogP contribution >= 0.6 is 0 Å². The zero-order chi connectivity index (χ0) is 16.9. The fraction of sp³-hybridized carbons (Fsp3) is 0.632. The van der Waals surface area contributed by atoms with Gasteiger partial charge in [-0.1, -0.05) is 6.07 Å². The number of hydrogen-bond acceptors (Lipinski definition) is 4. The largest absolute Gasteiger partial charge is 0.378 e. The quantitative estimate of drug-likeness (QED) is 0.769. The number of carbonyl (C=O) groups excluding carboxylic acids is 1. The molecule has 0 aliphatic carbocycles. The Balaban J connectivity index is 1.60. The Labute approximate surface area is 145 Å². The Morgan fingerprint density at radius 1 is 1.42 bits per heavy atom. The van der Waals surface area contributed by atoms with Crippen LogP contribution in [0.25, 0.3) is 0 Å². The lowest BCUT2D eigenvalue weighted by Gasteiger charge is -2.37. The number of piperidine rings is 1. The molecule has 2 aliphatic rings. The van der Waals surface area contributed by atoms with Crippen molar-refractivity contribution in [3.05, 3.63) is 36.5 Å². The molecule has 5 nitrogen and oxygen atoms in total. The first kappa shape index (κ1) is 17.4. The van der Waals surface area contributed by atoms with E-state index in [1.54, 1.807) is 20.2 Å². The minimum atomic E-state index is 0.0479. The molecule has 0 aromatic carbocycles. The van der Waals surface area contributed by atoms with Crippen molar-refractivity contribution in [1.29, 1.82) is 0 Å². The lowest BCUT2D eigenvalue weighted by atomic mass is 10.0. The molecule has 3 heterocycles. The van der Waals surface area contributed by atoms with Gasteiger partial charge >= 0.3 is 0 Å². The van der Waals surface area contributed by atoms with Gasteiger partial charge in [0.25, 0.3) is 0 Å². The van der Waals surface area contributed by atoms with Crippen LogP contribution in [0.2, 0.25) is 0 Å². The highest BCUT2D eigenvalue weighted by Crippen LogP contribution is 2.35. The molecule has 2 saturated heterocycles. The number of carbonyl (C=O) groups is 1. The van der Waals surface area contributed by atoms with Crippen molar-refractivity contribution in [3.8, 4) is 0 Å². The number of methoxy groups -OCH3 is 1. The molecule has 0 saturated carbocycles. The number of aromatic nitrogens is 1. The number of rotatable bonds is 7. The van der Waals surface area contributed by atoms with E-state index in [0.717, 1.165) is 12.1 Å². The molecule has 0 N–H and O–H groups in total. The van der Waals surface area contributed by atoms with Gasteiger partial charge in [0.15, 0.2) is 0 Å². The fourth-order valence-electron chi connectivity index (χ4n) is 4.00. The molecular weight excluding hydrogens is 302 g/mol. The SMILES string of the molecule is COC(CN(Cc1cccnc1)C(C)=O)CN1[C@@H]2C[CH]C[C@H]1CC2. The molecule has 131 valence electrons. The summed E-state index contributed by atoms with van der Waals surface area (Å²) in [4.78, 5) is 20.7. The van der Waals surface area contributed by atoms with Crippen LogP contribution in [0.5, 0.6) is 0 Å². The highest BCUT2D eigenvalue weighted by molar-refractivity contribution is 5.73. The molecule has 1 amide bonds. The topological polar surface area (TPSA) is 45.7 Å². The Morgan fingerprint density at radius 3 is 2.75 bits per heavy atom. The predicted molar refractivity (Wildman–Crippen MR) is 93.2 cm³/mol. The van der Waals surface area contributed by atoms with Crippen molar-refractivity contribution in [2.75, 3.05) is 20.2 Å². The van der Waals surface area contributed by atoms with E-state index in [4.69, 9.17) is 4.74 Å². The standard InChI is InChI=1S/C19H28N3O2/c1-15(23)21(12-16-5-4-10-20-11-16)13-19(24-2)14-22-17-6-3-7-18(22)9-8-17/h3-5,10-11,17-19H,6-9,12-14H2,1-2H3/t17-,18+,19?. The van der Waals surface area contributed by atoms with Gasteiger partial charge in [-0.05, 0) is 43.7 Å². The minimum Gasteiger partial charge on any atom is -0.378 e. The van der Waals surface area contributed by atoms with Crippen LogP contribution in [0, 0.1) is 6.42 Å². The van der Waals surface area contributed by atoms with E-state index >= 15 is 0 Å². The van der Waals surface area contributed by atoms with Gasteiger partial charge in [0, 0.05) is 58.1 Å². The number of fused-ring (bicyclic) bond motifs is 2. The van der Waals surface area contributed by atoms with Crippen LogP contribution in [0.4, 0.5) is 0 Å². The lowest BCUT2D eigenvalue weighted by Crippen LogP contribution is -2.48. The molecule has 1 aromatic heterocycles. The van der Waals surface area contributed by atoms with Crippen molar-refractivity contribution < 1.29 is 9.53 Å². The third kappa shape index (κ3) is 4.14. The highest BCUT2D eigenvalue weighted by atomic mass is 16.5. The van der Waals surface area contributed by atoms with Gasteiger partial charge in [0.05, 0.1) is 6.10 Å². The van der Waals surface area contributed by atoms with Crippen molar-refractivity contribution in [3.63, 3.8) is 0 Å². The smallest absolute Gasteiger partial charge is 0.219 e. The predicted octanol–water partition coefficient (Wildman–Crippen LogP) is 2.28. The number of amides is 1. The summed E-state index contributed by atoms with van der Waals surface area (Å²) < 4.78 is 5.73. The third-order valence-electron chi connectivity index (χ3n) is 5.36. The summed E-state index contributed by atoms with van der Waals surface area (Å²) >= 11 is 0. The van der Waals surface area contributed by atoms with Crippen LogP contribution in [0.3, 0.4) is 0 Å². The molecule has 2 bridgehead atoms. The second-order valence-corrected chi connectivity index (χ2v) is 6.96. The Bertz CT molecular complexity index is 521. The van der Waals surface area contributed by atoms with E-state index in [1.807, 2.05) is 23.2 Å². The molecule has 1 unspecified atom stereocenters. The first-order valence-electron chi connectivity index (χ1n) is 8.92. The summed E-state index contributed by atoms with van der Waals surface area (Å²) in [6, 6.07) is 5.26. The molecule has 0 spiro atoms. The van der Waals surface area contributed by atoms with E-state index in [2.05, 4.69) is 16.3 Å². The van der Waals surface area contributed by atoms with Gasteiger partial charge in [-0.2, -0.15) is 0 Å². The molecule has 1 aromatic rings. The van der Waals surface area contributed by atoms with Crippen molar-refractivity contribution in [2.45, 2.75) is 57.3 Å². The summed E-state index contributed by atoms with van der Waals surface area (Å²) in [7, 11) is 1.75.